The van der Waals surface area contributed by atoms with Crippen molar-refractivity contribution in [2.75, 3.05) is 13.1 Å². The lowest BCUT2D eigenvalue weighted by Gasteiger charge is -2.25. The van der Waals surface area contributed by atoms with Crippen LogP contribution in [0.5, 0.6) is 0 Å². The third-order valence-electron chi connectivity index (χ3n) is 3.82. The van der Waals surface area contributed by atoms with Crippen molar-refractivity contribution in [2.24, 2.45) is 5.92 Å². The van der Waals surface area contributed by atoms with E-state index in [1.807, 2.05) is 45.0 Å². The van der Waals surface area contributed by atoms with Crippen LogP contribution in [0.15, 0.2) is 28.7 Å². The maximum Gasteiger partial charge on any atom is 0.410 e. The van der Waals surface area contributed by atoms with Gasteiger partial charge in [-0.1, -0.05) is 28.1 Å². The first-order valence-corrected chi connectivity index (χ1v) is 8.43. The van der Waals surface area contributed by atoms with E-state index in [4.69, 9.17) is 4.74 Å². The van der Waals surface area contributed by atoms with Crippen molar-refractivity contribution < 1.29 is 19.4 Å². The van der Waals surface area contributed by atoms with Crippen LogP contribution in [0.4, 0.5) is 4.79 Å². The molecule has 1 N–H and O–H groups in total. The normalized spacial score (nSPS) is 19.5. The highest BCUT2D eigenvalue weighted by Crippen LogP contribution is 2.34. The van der Waals surface area contributed by atoms with Gasteiger partial charge < -0.3 is 14.7 Å². The van der Waals surface area contributed by atoms with Gasteiger partial charge in [0.2, 0.25) is 0 Å². The molecule has 1 fully saturated rings. The highest BCUT2D eigenvalue weighted by molar-refractivity contribution is 9.10. The smallest absolute Gasteiger partial charge is 0.410 e. The van der Waals surface area contributed by atoms with E-state index in [0.717, 1.165) is 10.0 Å². The second kappa shape index (κ2) is 6.91. The fourth-order valence-corrected chi connectivity index (χ4v) is 3.29. The number of carbonyl (C=O) groups is 2. The molecule has 1 heterocycles. The number of ether oxygens (including phenoxy) is 1. The fourth-order valence-electron chi connectivity index (χ4n) is 2.87. The molecule has 1 aliphatic rings. The summed E-state index contributed by atoms with van der Waals surface area (Å²) >= 11 is 3.38. The summed E-state index contributed by atoms with van der Waals surface area (Å²) in [6.45, 7) is 6.38. The second-order valence-corrected chi connectivity index (χ2v) is 7.76. The van der Waals surface area contributed by atoms with Crippen LogP contribution in [0.3, 0.4) is 0 Å². The largest absolute Gasteiger partial charge is 0.481 e. The zero-order chi connectivity index (χ0) is 17.2. The third-order valence-corrected chi connectivity index (χ3v) is 4.31. The summed E-state index contributed by atoms with van der Waals surface area (Å²) in [5.41, 5.74) is 0.203. The van der Waals surface area contributed by atoms with Gasteiger partial charge in [0.1, 0.15) is 5.60 Å². The van der Waals surface area contributed by atoms with Crippen LogP contribution in [0.25, 0.3) is 0 Å². The molecule has 1 aromatic carbocycles. The predicted molar refractivity (Wildman–Crippen MR) is 90.4 cm³/mol. The Morgan fingerprint density at radius 1 is 1.39 bits per heavy atom. The van der Waals surface area contributed by atoms with E-state index in [0.29, 0.717) is 19.5 Å². The summed E-state index contributed by atoms with van der Waals surface area (Å²) in [5, 5.41) is 9.64. The van der Waals surface area contributed by atoms with E-state index in [-0.39, 0.29) is 12.0 Å². The molecule has 2 atom stereocenters. The number of carbonyl (C=O) groups excluding carboxylic acids is 1. The number of carboxylic acids is 1. The lowest BCUT2D eigenvalue weighted by atomic mass is 9.85. The van der Waals surface area contributed by atoms with Crippen molar-refractivity contribution in [3.63, 3.8) is 0 Å². The molecule has 23 heavy (non-hydrogen) atoms. The summed E-state index contributed by atoms with van der Waals surface area (Å²) in [5.74, 6) is -1.60. The second-order valence-electron chi connectivity index (χ2n) is 6.85. The van der Waals surface area contributed by atoms with Gasteiger partial charge in [-0.3, -0.25) is 4.79 Å². The molecule has 0 radical (unpaired) electrons. The average molecular weight is 384 g/mol. The molecule has 2 rings (SSSR count). The van der Waals surface area contributed by atoms with Gasteiger partial charge in [0.15, 0.2) is 0 Å². The Kier molecular flexibility index (Phi) is 5.34. The van der Waals surface area contributed by atoms with Gasteiger partial charge in [0.25, 0.3) is 0 Å². The van der Waals surface area contributed by atoms with Crippen molar-refractivity contribution in [3.05, 3.63) is 34.3 Å². The minimum absolute atomic E-state index is 0.116. The molecule has 6 heteroatoms. The molecule has 0 bridgehead atoms. The molecule has 1 amide bonds. The average Bonchev–Trinajstić information content (AvgIpc) is 2.86. The summed E-state index contributed by atoms with van der Waals surface area (Å²) in [4.78, 5) is 25.5. The molecule has 0 aromatic heterocycles. The third kappa shape index (κ3) is 4.70. The number of rotatable bonds is 3. The standard InChI is InChI=1S/C17H22BrNO4/c1-17(2,3)23-16(22)19-8-7-12(10-19)14(15(20)21)11-5-4-6-13(18)9-11/h4-6,9,12,14H,7-8,10H2,1-3H3,(H,20,21). The van der Waals surface area contributed by atoms with Crippen molar-refractivity contribution in [2.45, 2.75) is 38.7 Å². The number of hydrogen-bond acceptors (Lipinski definition) is 3. The van der Waals surface area contributed by atoms with Crippen molar-refractivity contribution in [3.8, 4) is 0 Å². The van der Waals surface area contributed by atoms with E-state index in [9.17, 15) is 14.7 Å². The molecule has 2 unspecified atom stereocenters. The maximum absolute atomic E-state index is 12.1. The number of aliphatic carboxylic acids is 1. The Bertz CT molecular complexity index is 597. The number of amides is 1. The molecule has 1 saturated heterocycles. The van der Waals surface area contributed by atoms with E-state index in [1.54, 1.807) is 4.90 Å². The number of hydrogen-bond donors (Lipinski definition) is 1. The lowest BCUT2D eigenvalue weighted by Crippen LogP contribution is -2.36. The topological polar surface area (TPSA) is 66.8 Å². The molecule has 5 nitrogen and oxygen atoms in total. The highest BCUT2D eigenvalue weighted by atomic mass is 79.9. The number of benzene rings is 1. The van der Waals surface area contributed by atoms with Crippen LogP contribution >= 0.6 is 15.9 Å². The predicted octanol–water partition coefficient (Wildman–Crippen LogP) is 3.87. The van der Waals surface area contributed by atoms with Crippen LogP contribution in [-0.2, 0) is 9.53 Å². The molecule has 0 aliphatic carbocycles. The molecule has 1 aromatic rings. The first kappa shape index (κ1) is 17.8. The summed E-state index contributed by atoms with van der Waals surface area (Å²) in [6.07, 6.45) is 0.279. The Balaban J connectivity index is 2.11. The zero-order valence-corrected chi connectivity index (χ0v) is 15.2. The van der Waals surface area contributed by atoms with Crippen LogP contribution in [0.1, 0.15) is 38.7 Å². The van der Waals surface area contributed by atoms with Crippen LogP contribution in [-0.4, -0.2) is 40.8 Å². The maximum atomic E-state index is 12.1. The van der Waals surface area contributed by atoms with E-state index < -0.39 is 17.5 Å². The van der Waals surface area contributed by atoms with Gasteiger partial charge in [0, 0.05) is 17.6 Å². The fraction of sp³-hybridized carbons (Fsp3) is 0.529. The molecule has 0 saturated carbocycles. The first-order valence-electron chi connectivity index (χ1n) is 7.63. The van der Waals surface area contributed by atoms with Gasteiger partial charge in [0.05, 0.1) is 5.92 Å². The van der Waals surface area contributed by atoms with Gasteiger partial charge >= 0.3 is 12.1 Å². The highest BCUT2D eigenvalue weighted by Gasteiger charge is 2.38. The van der Waals surface area contributed by atoms with E-state index in [1.165, 1.54) is 0 Å². The van der Waals surface area contributed by atoms with Crippen LogP contribution in [0, 0.1) is 5.92 Å². The van der Waals surface area contributed by atoms with Gasteiger partial charge in [-0.25, -0.2) is 4.79 Å². The minimum Gasteiger partial charge on any atom is -0.481 e. The van der Waals surface area contributed by atoms with Crippen LogP contribution in [0.2, 0.25) is 0 Å². The number of likely N-dealkylation sites (tertiary alicyclic amines) is 1. The van der Waals surface area contributed by atoms with Gasteiger partial charge in [-0.15, -0.1) is 0 Å². The van der Waals surface area contributed by atoms with Crippen LogP contribution < -0.4 is 0 Å². The molecular formula is C17H22BrNO4. The number of nitrogens with zero attached hydrogens (tertiary/aromatic N) is 1. The first-order chi connectivity index (χ1) is 10.7. The molecule has 1 aliphatic heterocycles. The van der Waals surface area contributed by atoms with Crippen molar-refractivity contribution >= 4 is 28.0 Å². The van der Waals surface area contributed by atoms with Crippen molar-refractivity contribution in [1.82, 2.24) is 4.90 Å². The summed E-state index contributed by atoms with van der Waals surface area (Å²) in [6, 6.07) is 7.34. The minimum atomic E-state index is -0.862. The number of carboxylic acid groups (broad SMARTS) is 1. The summed E-state index contributed by atoms with van der Waals surface area (Å²) < 4.78 is 6.22. The van der Waals surface area contributed by atoms with Gasteiger partial charge in [-0.05, 0) is 50.8 Å². The van der Waals surface area contributed by atoms with Gasteiger partial charge in [-0.2, -0.15) is 0 Å². The SMILES string of the molecule is CC(C)(C)OC(=O)N1CCC(C(C(=O)O)c2cccc(Br)c2)C1. The monoisotopic (exact) mass is 383 g/mol. The van der Waals surface area contributed by atoms with Crippen molar-refractivity contribution in [1.29, 1.82) is 0 Å². The van der Waals surface area contributed by atoms with E-state index >= 15 is 0 Å². The Morgan fingerprint density at radius 3 is 2.65 bits per heavy atom. The molecular weight excluding hydrogens is 362 g/mol. The Labute approximate surface area is 144 Å². The lowest BCUT2D eigenvalue weighted by molar-refractivity contribution is -0.140. The molecule has 126 valence electrons. The zero-order valence-electron chi connectivity index (χ0n) is 13.6. The Hall–Kier alpha value is -1.56. The van der Waals surface area contributed by atoms with E-state index in [2.05, 4.69) is 15.9 Å². The quantitative estimate of drug-likeness (QED) is 0.859. The number of halogens is 1. The molecule has 0 spiro atoms. The Morgan fingerprint density at radius 2 is 2.09 bits per heavy atom. The summed E-state index contributed by atoms with van der Waals surface area (Å²) in [7, 11) is 0.